The molecule has 2 fully saturated rings. The molecule has 4 heterocycles. The molecule has 8 heteroatoms. The zero-order chi connectivity index (χ0) is 28.0. The van der Waals surface area contributed by atoms with Crippen LogP contribution in [-0.2, 0) is 0 Å². The molecule has 0 saturated carbocycles. The Bertz CT molecular complexity index is 1530. The second-order valence-corrected chi connectivity index (χ2v) is 12.8. The third-order valence-electron chi connectivity index (χ3n) is 7.83. The zero-order valence-electron chi connectivity index (χ0n) is 22.8. The molecule has 6 rings (SSSR count). The molecule has 0 bridgehead atoms. The average Bonchev–Trinajstić information content (AvgIpc) is 3.53. The van der Waals surface area contributed by atoms with Gasteiger partial charge in [0.05, 0.1) is 22.4 Å². The normalized spacial score (nSPS) is 23.0. The van der Waals surface area contributed by atoms with Gasteiger partial charge in [-0.05, 0) is 97.6 Å². The summed E-state index contributed by atoms with van der Waals surface area (Å²) in [4.78, 5) is 9.19. The number of piperidine rings is 1. The number of halogens is 2. The fraction of sp³-hybridized carbons (Fsp3) is 0.312. The number of rotatable bonds is 5. The van der Waals surface area contributed by atoms with Crippen molar-refractivity contribution in [3.63, 3.8) is 0 Å². The molecule has 0 unspecified atom stereocenters. The van der Waals surface area contributed by atoms with E-state index < -0.39 is 0 Å². The quantitative estimate of drug-likeness (QED) is 0.221. The van der Waals surface area contributed by atoms with E-state index in [1.807, 2.05) is 42.6 Å². The smallest absolute Gasteiger partial charge is 0.174 e. The van der Waals surface area contributed by atoms with Crippen LogP contribution in [0.4, 0.5) is 11.4 Å². The summed E-state index contributed by atoms with van der Waals surface area (Å²) < 4.78 is 7.55. The summed E-state index contributed by atoms with van der Waals surface area (Å²) >= 11 is 16.6. The molecule has 40 heavy (non-hydrogen) atoms. The lowest BCUT2D eigenvalue weighted by Crippen LogP contribution is -2.38. The van der Waals surface area contributed by atoms with Gasteiger partial charge in [-0.1, -0.05) is 53.5 Å². The monoisotopic (exact) mass is 634 g/mol. The molecular formula is C32H32BrClN4OS. The second-order valence-electron chi connectivity index (χ2n) is 11.2. The predicted molar refractivity (Wildman–Crippen MR) is 171 cm³/mol. The lowest BCUT2D eigenvalue weighted by molar-refractivity contribution is 0.357. The first-order valence-electron chi connectivity index (χ1n) is 13.7. The van der Waals surface area contributed by atoms with Gasteiger partial charge in [0.2, 0.25) is 0 Å². The van der Waals surface area contributed by atoms with E-state index >= 15 is 0 Å². The van der Waals surface area contributed by atoms with E-state index in [1.165, 1.54) is 12.0 Å². The van der Waals surface area contributed by atoms with E-state index in [9.17, 15) is 0 Å². The Balaban J connectivity index is 1.39. The number of hydrogen-bond acceptors (Lipinski definition) is 4. The summed E-state index contributed by atoms with van der Waals surface area (Å²) in [6, 6.07) is 22.1. The molecule has 0 radical (unpaired) electrons. The lowest BCUT2D eigenvalue weighted by Gasteiger charge is -2.37. The SMILES string of the molecule is Cc1ccc(-c2ccc([C@@H]3[C@H](c4ccccn4)NC(=S)N3c3ccc(N4C[C@H](C)C[C@H](C)C4)c(Cl)c3)o2)c(Br)c1. The van der Waals surface area contributed by atoms with Gasteiger partial charge in [0.1, 0.15) is 17.6 Å². The summed E-state index contributed by atoms with van der Waals surface area (Å²) in [5.41, 5.74) is 5.07. The van der Waals surface area contributed by atoms with Gasteiger partial charge in [0, 0.05) is 35.0 Å². The van der Waals surface area contributed by atoms with Crippen LogP contribution in [0.15, 0.2) is 81.8 Å². The van der Waals surface area contributed by atoms with Crippen LogP contribution in [-0.4, -0.2) is 23.2 Å². The molecule has 0 spiro atoms. The Kier molecular flexibility index (Phi) is 7.64. The van der Waals surface area contributed by atoms with Gasteiger partial charge in [0.25, 0.3) is 0 Å². The summed E-state index contributed by atoms with van der Waals surface area (Å²) in [5.74, 6) is 2.87. The number of thiocarbonyl (C=S) groups is 1. The highest BCUT2D eigenvalue weighted by Gasteiger charge is 2.43. The van der Waals surface area contributed by atoms with Crippen molar-refractivity contribution in [1.82, 2.24) is 10.3 Å². The molecule has 0 aliphatic carbocycles. The fourth-order valence-electron chi connectivity index (χ4n) is 6.16. The molecule has 206 valence electrons. The summed E-state index contributed by atoms with van der Waals surface area (Å²) in [6.07, 6.45) is 3.06. The number of anilines is 2. The molecule has 5 nitrogen and oxygen atoms in total. The highest BCUT2D eigenvalue weighted by molar-refractivity contribution is 9.10. The van der Waals surface area contributed by atoms with E-state index in [-0.39, 0.29) is 12.1 Å². The topological polar surface area (TPSA) is 44.5 Å². The number of nitrogens with zero attached hydrogens (tertiary/aromatic N) is 3. The van der Waals surface area contributed by atoms with Crippen molar-refractivity contribution in [2.75, 3.05) is 22.9 Å². The van der Waals surface area contributed by atoms with Gasteiger partial charge in [0.15, 0.2) is 5.11 Å². The minimum Gasteiger partial charge on any atom is -0.459 e. The van der Waals surface area contributed by atoms with E-state index in [4.69, 9.17) is 28.2 Å². The van der Waals surface area contributed by atoms with E-state index in [1.54, 1.807) is 0 Å². The Morgan fingerprint density at radius 3 is 2.52 bits per heavy atom. The Morgan fingerprint density at radius 1 is 1.02 bits per heavy atom. The van der Waals surface area contributed by atoms with E-state index in [0.717, 1.165) is 56.7 Å². The van der Waals surface area contributed by atoms with Gasteiger partial charge >= 0.3 is 0 Å². The molecule has 2 aromatic heterocycles. The van der Waals surface area contributed by atoms with Crippen LogP contribution in [0.1, 0.15) is 49.4 Å². The van der Waals surface area contributed by atoms with Crippen LogP contribution in [0.3, 0.4) is 0 Å². The molecule has 2 aliphatic heterocycles. The number of furan rings is 1. The fourth-order valence-corrected chi connectivity index (χ4v) is 7.49. The Labute approximate surface area is 254 Å². The van der Waals surface area contributed by atoms with Crippen molar-refractivity contribution in [1.29, 1.82) is 0 Å². The molecule has 2 aromatic carbocycles. The standard InChI is InChI=1S/C32H32BrClN4OS/c1-19-7-9-23(24(33)15-19)28-11-12-29(39-28)31-30(26-6-4-5-13-35-26)36-32(40)38(31)22-8-10-27(25(34)16-22)37-17-20(2)14-21(3)18-37/h4-13,15-16,20-21,30-31H,14,17-18H2,1-3H3,(H,36,40)/t20-,21+,30-,31+/m0/s1. The van der Waals surface area contributed by atoms with Crippen molar-refractivity contribution in [2.24, 2.45) is 11.8 Å². The Morgan fingerprint density at radius 2 is 1.82 bits per heavy atom. The van der Waals surface area contributed by atoms with Crippen molar-refractivity contribution in [3.05, 3.63) is 99.4 Å². The maximum atomic E-state index is 6.97. The molecule has 2 aliphatic rings. The van der Waals surface area contributed by atoms with Crippen molar-refractivity contribution < 1.29 is 4.42 Å². The third-order valence-corrected chi connectivity index (χ3v) is 9.10. The number of hydrogen-bond donors (Lipinski definition) is 1. The van der Waals surface area contributed by atoms with Gasteiger partial charge in [-0.15, -0.1) is 0 Å². The van der Waals surface area contributed by atoms with Gasteiger partial charge in [-0.25, -0.2) is 0 Å². The van der Waals surface area contributed by atoms with Crippen LogP contribution in [0.2, 0.25) is 5.02 Å². The lowest BCUT2D eigenvalue weighted by atomic mass is 9.91. The first-order chi connectivity index (χ1) is 19.3. The van der Waals surface area contributed by atoms with Crippen LogP contribution >= 0.6 is 39.7 Å². The maximum absolute atomic E-state index is 6.97. The van der Waals surface area contributed by atoms with Crippen molar-refractivity contribution in [3.8, 4) is 11.3 Å². The minimum atomic E-state index is -0.252. The first-order valence-corrected chi connectivity index (χ1v) is 15.3. The van der Waals surface area contributed by atoms with E-state index in [2.05, 4.69) is 87.1 Å². The number of nitrogens with one attached hydrogen (secondary N) is 1. The van der Waals surface area contributed by atoms with Gasteiger partial charge in [-0.3, -0.25) is 4.98 Å². The number of aryl methyl sites for hydroxylation is 1. The largest absolute Gasteiger partial charge is 0.459 e. The highest BCUT2D eigenvalue weighted by Crippen LogP contribution is 2.45. The zero-order valence-corrected chi connectivity index (χ0v) is 25.9. The third kappa shape index (κ3) is 5.27. The van der Waals surface area contributed by atoms with Gasteiger partial charge < -0.3 is 19.5 Å². The van der Waals surface area contributed by atoms with Crippen LogP contribution in [0.25, 0.3) is 11.3 Å². The van der Waals surface area contributed by atoms with Crippen molar-refractivity contribution in [2.45, 2.75) is 39.3 Å². The Hall–Kier alpha value is -2.87. The molecule has 2 saturated heterocycles. The van der Waals surface area contributed by atoms with Crippen LogP contribution in [0.5, 0.6) is 0 Å². The molecule has 4 atom stereocenters. The average molecular weight is 636 g/mol. The predicted octanol–water partition coefficient (Wildman–Crippen LogP) is 8.73. The van der Waals surface area contributed by atoms with E-state index in [0.29, 0.717) is 16.9 Å². The minimum absolute atomic E-state index is 0.198. The first kappa shape index (κ1) is 27.3. The summed E-state index contributed by atoms with van der Waals surface area (Å²) in [7, 11) is 0. The number of pyridine rings is 1. The molecule has 1 N–H and O–H groups in total. The van der Waals surface area contributed by atoms with Crippen molar-refractivity contribution >= 4 is 56.2 Å². The van der Waals surface area contributed by atoms with Crippen LogP contribution in [0, 0.1) is 18.8 Å². The van der Waals surface area contributed by atoms with Crippen LogP contribution < -0.4 is 15.1 Å². The summed E-state index contributed by atoms with van der Waals surface area (Å²) in [5, 5.41) is 4.85. The second kappa shape index (κ2) is 11.2. The molecule has 4 aromatic rings. The van der Waals surface area contributed by atoms with Gasteiger partial charge in [-0.2, -0.15) is 0 Å². The highest BCUT2D eigenvalue weighted by atomic mass is 79.9. The maximum Gasteiger partial charge on any atom is 0.174 e. The molecular weight excluding hydrogens is 604 g/mol. The summed E-state index contributed by atoms with van der Waals surface area (Å²) in [6.45, 7) is 8.73. The molecule has 0 amide bonds. The number of benzene rings is 2. The number of aromatic nitrogens is 1.